The van der Waals surface area contributed by atoms with E-state index >= 15 is 0 Å². The van der Waals surface area contributed by atoms with Gasteiger partial charge >= 0.3 is 6.03 Å². The second-order valence-electron chi connectivity index (χ2n) is 3.95. The van der Waals surface area contributed by atoms with Crippen molar-refractivity contribution >= 4 is 22.6 Å². The Bertz CT molecular complexity index is 647. The Morgan fingerprint density at radius 2 is 2.00 bits per heavy atom. The summed E-state index contributed by atoms with van der Waals surface area (Å²) in [5.74, 6) is 0. The molecule has 0 radical (unpaired) electrons. The SMILES string of the molecule is O=C1NCCN1c1cc2ccccc2[nH]c1=O. The Morgan fingerprint density at radius 3 is 2.76 bits per heavy atom. The van der Waals surface area contributed by atoms with Crippen LogP contribution in [-0.4, -0.2) is 24.1 Å². The highest BCUT2D eigenvalue weighted by Gasteiger charge is 2.23. The van der Waals surface area contributed by atoms with E-state index in [1.807, 2.05) is 24.3 Å². The van der Waals surface area contributed by atoms with Crippen LogP contribution in [0.3, 0.4) is 0 Å². The zero-order chi connectivity index (χ0) is 11.8. The molecule has 17 heavy (non-hydrogen) atoms. The number of benzene rings is 1. The fraction of sp³-hybridized carbons (Fsp3) is 0.167. The number of carbonyl (C=O) groups excluding carboxylic acids is 1. The molecule has 2 heterocycles. The van der Waals surface area contributed by atoms with Crippen LogP contribution in [0.5, 0.6) is 0 Å². The lowest BCUT2D eigenvalue weighted by atomic mass is 10.2. The molecule has 0 atom stereocenters. The molecule has 2 aromatic rings. The van der Waals surface area contributed by atoms with Gasteiger partial charge in [-0.3, -0.25) is 9.69 Å². The summed E-state index contributed by atoms with van der Waals surface area (Å²) in [5, 5.41) is 3.60. The van der Waals surface area contributed by atoms with Crippen LogP contribution in [-0.2, 0) is 0 Å². The second-order valence-corrected chi connectivity index (χ2v) is 3.95. The highest BCUT2D eigenvalue weighted by Crippen LogP contribution is 2.17. The first-order valence-corrected chi connectivity index (χ1v) is 5.43. The molecule has 5 heteroatoms. The molecule has 3 rings (SSSR count). The van der Waals surface area contributed by atoms with Crippen LogP contribution in [0.1, 0.15) is 0 Å². The molecule has 1 aliphatic rings. The number of aromatic nitrogens is 1. The number of hydrogen-bond acceptors (Lipinski definition) is 2. The number of nitrogens with one attached hydrogen (secondary N) is 2. The maximum absolute atomic E-state index is 11.9. The van der Waals surface area contributed by atoms with Gasteiger partial charge in [-0.1, -0.05) is 18.2 Å². The van der Waals surface area contributed by atoms with E-state index in [0.29, 0.717) is 18.8 Å². The summed E-state index contributed by atoms with van der Waals surface area (Å²) in [5.41, 5.74) is 0.945. The van der Waals surface area contributed by atoms with Gasteiger partial charge in [0.15, 0.2) is 0 Å². The van der Waals surface area contributed by atoms with Crippen LogP contribution < -0.4 is 15.8 Å². The van der Waals surface area contributed by atoms with E-state index in [2.05, 4.69) is 10.3 Å². The van der Waals surface area contributed by atoms with Crippen molar-refractivity contribution in [3.05, 3.63) is 40.7 Å². The van der Waals surface area contributed by atoms with Crippen LogP contribution in [0, 0.1) is 0 Å². The normalized spacial score (nSPS) is 15.3. The van der Waals surface area contributed by atoms with Crippen molar-refractivity contribution in [2.75, 3.05) is 18.0 Å². The number of anilines is 1. The first kappa shape index (κ1) is 9.89. The van der Waals surface area contributed by atoms with Gasteiger partial charge in [-0.05, 0) is 12.1 Å². The predicted molar refractivity (Wildman–Crippen MR) is 65.3 cm³/mol. The van der Waals surface area contributed by atoms with E-state index in [0.717, 1.165) is 10.9 Å². The Balaban J connectivity index is 2.19. The van der Waals surface area contributed by atoms with Gasteiger partial charge in [0.1, 0.15) is 5.69 Å². The number of nitrogens with zero attached hydrogens (tertiary/aromatic N) is 1. The van der Waals surface area contributed by atoms with E-state index in [4.69, 9.17) is 0 Å². The molecule has 2 N–H and O–H groups in total. The van der Waals surface area contributed by atoms with Crippen LogP contribution >= 0.6 is 0 Å². The average Bonchev–Trinajstić information content (AvgIpc) is 2.74. The lowest BCUT2D eigenvalue weighted by Gasteiger charge is -2.13. The van der Waals surface area contributed by atoms with Crippen LogP contribution in [0.25, 0.3) is 10.9 Å². The number of pyridine rings is 1. The molecule has 0 unspecified atom stereocenters. The van der Waals surface area contributed by atoms with Crippen molar-refractivity contribution in [3.63, 3.8) is 0 Å². The first-order chi connectivity index (χ1) is 8.25. The monoisotopic (exact) mass is 229 g/mol. The number of fused-ring (bicyclic) bond motifs is 1. The van der Waals surface area contributed by atoms with E-state index in [-0.39, 0.29) is 11.6 Å². The smallest absolute Gasteiger partial charge is 0.322 e. The number of hydrogen-bond donors (Lipinski definition) is 2. The molecule has 0 aliphatic carbocycles. The molecule has 0 bridgehead atoms. The van der Waals surface area contributed by atoms with Crippen LogP contribution in [0.4, 0.5) is 10.5 Å². The van der Waals surface area contributed by atoms with E-state index in [1.165, 1.54) is 4.90 Å². The third-order valence-electron chi connectivity index (χ3n) is 2.88. The van der Waals surface area contributed by atoms with E-state index in [9.17, 15) is 9.59 Å². The van der Waals surface area contributed by atoms with Crippen molar-refractivity contribution in [2.24, 2.45) is 0 Å². The van der Waals surface area contributed by atoms with Gasteiger partial charge in [0.05, 0.1) is 0 Å². The quantitative estimate of drug-likeness (QED) is 0.767. The molecule has 0 saturated carbocycles. The van der Waals surface area contributed by atoms with Gasteiger partial charge in [0.2, 0.25) is 0 Å². The molecular weight excluding hydrogens is 218 g/mol. The van der Waals surface area contributed by atoms with Crippen molar-refractivity contribution in [2.45, 2.75) is 0 Å². The van der Waals surface area contributed by atoms with Crippen LogP contribution in [0.15, 0.2) is 35.1 Å². The predicted octanol–water partition coefficient (Wildman–Crippen LogP) is 1.06. The minimum Gasteiger partial charge on any atom is -0.336 e. The molecule has 1 saturated heterocycles. The van der Waals surface area contributed by atoms with Crippen molar-refractivity contribution in [3.8, 4) is 0 Å². The largest absolute Gasteiger partial charge is 0.336 e. The average molecular weight is 229 g/mol. The maximum atomic E-state index is 11.9. The Morgan fingerprint density at radius 1 is 1.18 bits per heavy atom. The summed E-state index contributed by atoms with van der Waals surface area (Å²) in [6.07, 6.45) is 0. The molecule has 5 nitrogen and oxygen atoms in total. The molecule has 86 valence electrons. The van der Waals surface area contributed by atoms with Crippen molar-refractivity contribution in [1.82, 2.24) is 10.3 Å². The van der Waals surface area contributed by atoms with E-state index < -0.39 is 0 Å². The number of H-pyrrole nitrogens is 1. The van der Waals surface area contributed by atoms with E-state index in [1.54, 1.807) is 6.07 Å². The number of urea groups is 1. The number of carbonyl (C=O) groups is 1. The first-order valence-electron chi connectivity index (χ1n) is 5.43. The van der Waals surface area contributed by atoms with Gasteiger partial charge in [-0.25, -0.2) is 4.79 Å². The number of amides is 2. The summed E-state index contributed by atoms with van der Waals surface area (Å²) in [7, 11) is 0. The standard InChI is InChI=1S/C12H11N3O2/c16-11-10(15-6-5-13-12(15)17)7-8-3-1-2-4-9(8)14-11/h1-4,7H,5-6H2,(H,13,17)(H,14,16). The van der Waals surface area contributed by atoms with Gasteiger partial charge in [0.25, 0.3) is 5.56 Å². The molecular formula is C12H11N3O2. The summed E-state index contributed by atoms with van der Waals surface area (Å²) >= 11 is 0. The molecule has 1 aromatic heterocycles. The summed E-state index contributed by atoms with van der Waals surface area (Å²) in [4.78, 5) is 27.7. The third kappa shape index (κ3) is 1.56. The maximum Gasteiger partial charge on any atom is 0.322 e. The van der Waals surface area contributed by atoms with Gasteiger partial charge in [0, 0.05) is 24.0 Å². The number of aromatic amines is 1. The topological polar surface area (TPSA) is 65.2 Å². The molecule has 1 fully saturated rings. The van der Waals surface area contributed by atoms with Gasteiger partial charge in [-0.2, -0.15) is 0 Å². The molecule has 1 aromatic carbocycles. The fourth-order valence-electron chi connectivity index (χ4n) is 2.04. The molecule has 2 amide bonds. The van der Waals surface area contributed by atoms with Crippen molar-refractivity contribution in [1.29, 1.82) is 0 Å². The zero-order valence-electron chi connectivity index (χ0n) is 9.06. The molecule has 0 spiro atoms. The second kappa shape index (κ2) is 3.62. The Kier molecular flexibility index (Phi) is 2.11. The lowest BCUT2D eigenvalue weighted by molar-refractivity contribution is 0.252. The van der Waals surface area contributed by atoms with Crippen molar-refractivity contribution < 1.29 is 4.79 Å². The van der Waals surface area contributed by atoms with Gasteiger partial charge in [-0.15, -0.1) is 0 Å². The number of para-hydroxylation sites is 1. The summed E-state index contributed by atoms with van der Waals surface area (Å²) in [6, 6.07) is 9.03. The lowest BCUT2D eigenvalue weighted by Crippen LogP contribution is -2.32. The molecule has 1 aliphatic heterocycles. The Labute approximate surface area is 97.1 Å². The fourth-order valence-corrected chi connectivity index (χ4v) is 2.04. The summed E-state index contributed by atoms with van der Waals surface area (Å²) in [6.45, 7) is 1.10. The minimum absolute atomic E-state index is 0.217. The highest BCUT2D eigenvalue weighted by atomic mass is 16.2. The van der Waals surface area contributed by atoms with Crippen LogP contribution in [0.2, 0.25) is 0 Å². The number of rotatable bonds is 1. The third-order valence-corrected chi connectivity index (χ3v) is 2.88. The highest BCUT2D eigenvalue weighted by molar-refractivity contribution is 5.95. The van der Waals surface area contributed by atoms with Gasteiger partial charge < -0.3 is 10.3 Å². The zero-order valence-corrected chi connectivity index (χ0v) is 9.06. The summed E-state index contributed by atoms with van der Waals surface area (Å²) < 4.78 is 0. The minimum atomic E-state index is -0.235. The Hall–Kier alpha value is -2.30.